The van der Waals surface area contributed by atoms with Crippen LogP contribution in [0.1, 0.15) is 15.9 Å². The third-order valence-corrected chi connectivity index (χ3v) is 3.05. The number of aromatic carboxylic acids is 1. The highest BCUT2D eigenvalue weighted by Gasteiger charge is 2.11. The van der Waals surface area contributed by atoms with E-state index in [4.69, 9.17) is 5.11 Å². The standard InChI is InChI=1S/C15H11BrN2O3/c16-11-4-1-3-10(9-11)6-7-13(19)18-14-12(15(20)21)5-2-8-17-14/h1-9H,(H,20,21)(H,17,18,19). The number of nitrogens with zero attached hydrogens (tertiary/aromatic N) is 1. The molecule has 5 nitrogen and oxygen atoms in total. The molecule has 2 N–H and O–H groups in total. The van der Waals surface area contributed by atoms with E-state index < -0.39 is 11.9 Å². The number of nitrogens with one attached hydrogen (secondary N) is 1. The quantitative estimate of drug-likeness (QED) is 0.833. The van der Waals surface area contributed by atoms with Gasteiger partial charge in [-0.3, -0.25) is 4.79 Å². The van der Waals surface area contributed by atoms with Gasteiger partial charge >= 0.3 is 5.97 Å². The first-order chi connectivity index (χ1) is 10.1. The molecule has 21 heavy (non-hydrogen) atoms. The summed E-state index contributed by atoms with van der Waals surface area (Å²) in [6.45, 7) is 0. The number of carbonyl (C=O) groups excluding carboxylic acids is 1. The van der Waals surface area contributed by atoms with E-state index in [1.54, 1.807) is 6.08 Å². The third kappa shape index (κ3) is 4.25. The summed E-state index contributed by atoms with van der Waals surface area (Å²) in [4.78, 5) is 26.7. The molecule has 0 radical (unpaired) electrons. The summed E-state index contributed by atoms with van der Waals surface area (Å²) in [6.07, 6.45) is 4.37. The van der Waals surface area contributed by atoms with Gasteiger partial charge in [0.2, 0.25) is 5.91 Å². The van der Waals surface area contributed by atoms with Crippen LogP contribution in [0.2, 0.25) is 0 Å². The number of hydrogen-bond acceptors (Lipinski definition) is 3. The van der Waals surface area contributed by atoms with E-state index >= 15 is 0 Å². The average Bonchev–Trinajstić information content (AvgIpc) is 2.45. The third-order valence-electron chi connectivity index (χ3n) is 2.56. The van der Waals surface area contributed by atoms with Crippen molar-refractivity contribution < 1.29 is 14.7 Å². The molecule has 0 unspecified atom stereocenters. The van der Waals surface area contributed by atoms with E-state index in [0.717, 1.165) is 10.0 Å². The van der Waals surface area contributed by atoms with Gasteiger partial charge in [0.15, 0.2) is 0 Å². The Morgan fingerprint density at radius 1 is 1.24 bits per heavy atom. The minimum atomic E-state index is -1.14. The number of carboxylic acids is 1. The van der Waals surface area contributed by atoms with Gasteiger partial charge in [0.05, 0.1) is 0 Å². The lowest BCUT2D eigenvalue weighted by Crippen LogP contribution is -2.13. The summed E-state index contributed by atoms with van der Waals surface area (Å²) in [5, 5.41) is 11.4. The molecule has 0 saturated carbocycles. The van der Waals surface area contributed by atoms with Crippen LogP contribution < -0.4 is 5.32 Å². The topological polar surface area (TPSA) is 79.3 Å². The Morgan fingerprint density at radius 3 is 2.76 bits per heavy atom. The first kappa shape index (κ1) is 14.9. The highest BCUT2D eigenvalue weighted by Crippen LogP contribution is 2.14. The van der Waals surface area contributed by atoms with E-state index in [-0.39, 0.29) is 11.4 Å². The maximum atomic E-state index is 11.8. The number of amides is 1. The average molecular weight is 347 g/mol. The van der Waals surface area contributed by atoms with Crippen molar-refractivity contribution in [1.82, 2.24) is 4.98 Å². The van der Waals surface area contributed by atoms with E-state index in [2.05, 4.69) is 26.2 Å². The maximum absolute atomic E-state index is 11.8. The van der Waals surface area contributed by atoms with Crippen LogP contribution in [0.4, 0.5) is 5.82 Å². The van der Waals surface area contributed by atoms with Crippen molar-refractivity contribution in [1.29, 1.82) is 0 Å². The zero-order valence-electron chi connectivity index (χ0n) is 10.8. The number of halogens is 1. The van der Waals surface area contributed by atoms with Crippen LogP contribution in [-0.2, 0) is 4.79 Å². The molecule has 1 aromatic carbocycles. The van der Waals surface area contributed by atoms with Crippen LogP contribution in [0, 0.1) is 0 Å². The summed E-state index contributed by atoms with van der Waals surface area (Å²) in [6, 6.07) is 10.3. The lowest BCUT2D eigenvalue weighted by atomic mass is 10.2. The zero-order chi connectivity index (χ0) is 15.2. The van der Waals surface area contributed by atoms with Crippen molar-refractivity contribution in [3.05, 3.63) is 64.3 Å². The Bertz CT molecular complexity index is 714. The van der Waals surface area contributed by atoms with Crippen molar-refractivity contribution in [2.24, 2.45) is 0 Å². The summed E-state index contributed by atoms with van der Waals surface area (Å²) < 4.78 is 0.906. The van der Waals surface area contributed by atoms with E-state index in [1.165, 1.54) is 24.4 Å². The minimum absolute atomic E-state index is 0.0221. The van der Waals surface area contributed by atoms with Gasteiger partial charge in [0.1, 0.15) is 11.4 Å². The van der Waals surface area contributed by atoms with Crippen molar-refractivity contribution in [2.45, 2.75) is 0 Å². The SMILES string of the molecule is O=C(C=Cc1cccc(Br)c1)Nc1ncccc1C(=O)O. The fourth-order valence-corrected chi connectivity index (χ4v) is 2.03. The first-order valence-corrected chi connectivity index (χ1v) is 6.78. The summed E-state index contributed by atoms with van der Waals surface area (Å²) in [5.74, 6) is -1.57. The molecule has 1 heterocycles. The van der Waals surface area contributed by atoms with Gasteiger partial charge in [-0.25, -0.2) is 9.78 Å². The Hall–Kier alpha value is -2.47. The Balaban J connectivity index is 2.10. The second-order valence-electron chi connectivity index (χ2n) is 4.08. The number of carbonyl (C=O) groups is 2. The smallest absolute Gasteiger partial charge is 0.339 e. The van der Waals surface area contributed by atoms with Crippen LogP contribution in [-0.4, -0.2) is 22.0 Å². The molecule has 1 amide bonds. The minimum Gasteiger partial charge on any atom is -0.478 e. The molecule has 6 heteroatoms. The molecule has 106 valence electrons. The molecule has 0 aliphatic carbocycles. The van der Waals surface area contributed by atoms with Crippen LogP contribution in [0.5, 0.6) is 0 Å². The molecule has 2 aromatic rings. The molecular formula is C15H11BrN2O3. The maximum Gasteiger partial charge on any atom is 0.339 e. The molecule has 0 atom stereocenters. The van der Waals surface area contributed by atoms with E-state index in [9.17, 15) is 9.59 Å². The largest absolute Gasteiger partial charge is 0.478 e. The van der Waals surface area contributed by atoms with Crippen molar-refractivity contribution in [3.63, 3.8) is 0 Å². The molecule has 0 aliphatic heterocycles. The van der Waals surface area contributed by atoms with Gasteiger partial charge in [-0.05, 0) is 35.9 Å². The van der Waals surface area contributed by atoms with Gasteiger partial charge in [-0.15, -0.1) is 0 Å². The lowest BCUT2D eigenvalue weighted by molar-refractivity contribution is -0.111. The van der Waals surface area contributed by atoms with Gasteiger partial charge < -0.3 is 10.4 Å². The highest BCUT2D eigenvalue weighted by atomic mass is 79.9. The number of benzene rings is 1. The molecular weight excluding hydrogens is 336 g/mol. The van der Waals surface area contributed by atoms with Gasteiger partial charge in [0, 0.05) is 16.7 Å². The first-order valence-electron chi connectivity index (χ1n) is 5.99. The number of rotatable bonds is 4. The Kier molecular flexibility index (Phi) is 4.84. The van der Waals surface area contributed by atoms with Gasteiger partial charge in [0.25, 0.3) is 0 Å². The molecule has 0 saturated heterocycles. The van der Waals surface area contributed by atoms with Crippen molar-refractivity contribution in [3.8, 4) is 0 Å². The molecule has 2 rings (SSSR count). The Morgan fingerprint density at radius 2 is 2.05 bits per heavy atom. The number of carboxylic acid groups (broad SMARTS) is 1. The van der Waals surface area contributed by atoms with Crippen LogP contribution in [0.25, 0.3) is 6.08 Å². The van der Waals surface area contributed by atoms with Gasteiger partial charge in [-0.2, -0.15) is 0 Å². The fraction of sp³-hybridized carbons (Fsp3) is 0. The van der Waals surface area contributed by atoms with Gasteiger partial charge in [-0.1, -0.05) is 28.1 Å². The lowest BCUT2D eigenvalue weighted by Gasteiger charge is -2.04. The van der Waals surface area contributed by atoms with Crippen molar-refractivity contribution in [2.75, 3.05) is 5.32 Å². The van der Waals surface area contributed by atoms with E-state index in [1.807, 2.05) is 24.3 Å². The predicted molar refractivity (Wildman–Crippen MR) is 83.0 cm³/mol. The fourth-order valence-electron chi connectivity index (χ4n) is 1.62. The molecule has 0 aliphatic rings. The molecule has 1 aromatic heterocycles. The predicted octanol–water partition coefficient (Wildman–Crippen LogP) is 3.19. The number of hydrogen-bond donors (Lipinski definition) is 2. The van der Waals surface area contributed by atoms with Crippen LogP contribution in [0.3, 0.4) is 0 Å². The number of pyridine rings is 1. The summed E-state index contributed by atoms with van der Waals surface area (Å²) in [5.41, 5.74) is 0.792. The van der Waals surface area contributed by atoms with E-state index in [0.29, 0.717) is 0 Å². The van der Waals surface area contributed by atoms with Crippen molar-refractivity contribution >= 4 is 39.7 Å². The Labute approximate surface area is 129 Å². The number of anilines is 1. The normalized spacial score (nSPS) is 10.5. The summed E-state index contributed by atoms with van der Waals surface area (Å²) in [7, 11) is 0. The zero-order valence-corrected chi connectivity index (χ0v) is 12.4. The second-order valence-corrected chi connectivity index (χ2v) is 5.00. The monoisotopic (exact) mass is 346 g/mol. The molecule has 0 bridgehead atoms. The molecule has 0 fully saturated rings. The number of aromatic nitrogens is 1. The molecule has 0 spiro atoms. The van der Waals surface area contributed by atoms with Crippen LogP contribution in [0.15, 0.2) is 53.1 Å². The second kappa shape index (κ2) is 6.81. The highest BCUT2D eigenvalue weighted by molar-refractivity contribution is 9.10. The van der Waals surface area contributed by atoms with Crippen LogP contribution >= 0.6 is 15.9 Å². The summed E-state index contributed by atoms with van der Waals surface area (Å²) >= 11 is 3.34.